The van der Waals surface area contributed by atoms with E-state index < -0.39 is 0 Å². The Kier molecular flexibility index (Phi) is 4.57. The van der Waals surface area contributed by atoms with Crippen LogP contribution < -0.4 is 14.8 Å². The molecule has 25 heavy (non-hydrogen) atoms. The maximum atomic E-state index is 12.0. The minimum Gasteiger partial charge on any atom is -0.454 e. The minimum atomic E-state index is 0.0847. The van der Waals surface area contributed by atoms with Gasteiger partial charge in [0.05, 0.1) is 6.04 Å². The average molecular weight is 338 g/mol. The Labute approximate surface area is 147 Å². The van der Waals surface area contributed by atoms with Crippen molar-refractivity contribution in [3.63, 3.8) is 0 Å². The normalized spacial score (nSPS) is 17.1. The number of fused-ring (bicyclic) bond motifs is 1. The van der Waals surface area contributed by atoms with Gasteiger partial charge in [-0.2, -0.15) is 0 Å². The summed E-state index contributed by atoms with van der Waals surface area (Å²) in [4.78, 5) is 14.0. The van der Waals surface area contributed by atoms with Gasteiger partial charge in [0.15, 0.2) is 11.5 Å². The fourth-order valence-electron chi connectivity index (χ4n) is 3.45. The van der Waals surface area contributed by atoms with Crippen LogP contribution in [0, 0.1) is 0 Å². The summed E-state index contributed by atoms with van der Waals surface area (Å²) >= 11 is 0. The molecule has 1 fully saturated rings. The van der Waals surface area contributed by atoms with Gasteiger partial charge in [0.25, 0.3) is 0 Å². The van der Waals surface area contributed by atoms with E-state index in [1.54, 1.807) is 0 Å². The monoisotopic (exact) mass is 338 g/mol. The molecule has 1 N–H and O–H groups in total. The maximum absolute atomic E-state index is 12.0. The summed E-state index contributed by atoms with van der Waals surface area (Å²) < 4.78 is 11.0. The Balaban J connectivity index is 1.50. The molecule has 0 spiro atoms. The number of para-hydroxylation sites is 1. The molecule has 130 valence electrons. The van der Waals surface area contributed by atoms with Crippen LogP contribution in [0.25, 0.3) is 0 Å². The number of likely N-dealkylation sites (tertiary alicyclic amines) is 1. The van der Waals surface area contributed by atoms with Crippen molar-refractivity contribution in [2.24, 2.45) is 0 Å². The molecule has 2 aliphatic heterocycles. The molecule has 2 aliphatic rings. The Hall–Kier alpha value is -2.53. The molecule has 0 radical (unpaired) electrons. The number of amides is 1. The van der Waals surface area contributed by atoms with Gasteiger partial charge in [-0.25, -0.2) is 0 Å². The molecule has 5 nitrogen and oxygen atoms in total. The summed E-state index contributed by atoms with van der Waals surface area (Å²) in [6, 6.07) is 16.3. The Morgan fingerprint density at radius 1 is 1.08 bits per heavy atom. The predicted octanol–water partition coefficient (Wildman–Crippen LogP) is 2.87. The Morgan fingerprint density at radius 3 is 2.76 bits per heavy atom. The van der Waals surface area contributed by atoms with Crippen molar-refractivity contribution in [2.45, 2.75) is 25.4 Å². The van der Waals surface area contributed by atoms with E-state index in [0.29, 0.717) is 19.5 Å². The van der Waals surface area contributed by atoms with Gasteiger partial charge < -0.3 is 19.7 Å². The first-order chi connectivity index (χ1) is 12.3. The van der Waals surface area contributed by atoms with Crippen LogP contribution in [0.5, 0.6) is 11.5 Å². The Bertz CT molecular complexity index is 748. The minimum absolute atomic E-state index is 0.0847. The highest BCUT2D eigenvalue weighted by molar-refractivity contribution is 5.78. The average Bonchev–Trinajstić information content (AvgIpc) is 3.28. The maximum Gasteiger partial charge on any atom is 0.231 e. The van der Waals surface area contributed by atoms with E-state index in [9.17, 15) is 4.79 Å². The van der Waals surface area contributed by atoms with Gasteiger partial charge in [0.1, 0.15) is 0 Å². The second-order valence-electron chi connectivity index (χ2n) is 6.44. The lowest BCUT2D eigenvalue weighted by molar-refractivity contribution is -0.128. The molecule has 1 amide bonds. The highest BCUT2D eigenvalue weighted by Crippen LogP contribution is 2.35. The Morgan fingerprint density at radius 2 is 1.96 bits per heavy atom. The highest BCUT2D eigenvalue weighted by atomic mass is 16.7. The number of nitrogens with one attached hydrogen (secondary N) is 1. The zero-order chi connectivity index (χ0) is 17.1. The molecular weight excluding hydrogens is 316 g/mol. The van der Waals surface area contributed by atoms with E-state index in [1.807, 2.05) is 41.3 Å². The molecular formula is C20H22N2O3. The highest BCUT2D eigenvalue weighted by Gasteiger charge is 2.25. The summed E-state index contributed by atoms with van der Waals surface area (Å²) in [5.41, 5.74) is 2.26. The van der Waals surface area contributed by atoms with Crippen molar-refractivity contribution in [2.75, 3.05) is 19.9 Å². The smallest absolute Gasteiger partial charge is 0.231 e. The first kappa shape index (κ1) is 16.0. The number of hydrogen-bond donors (Lipinski definition) is 1. The van der Waals surface area contributed by atoms with Crippen LogP contribution >= 0.6 is 0 Å². The molecule has 0 saturated carbocycles. The second kappa shape index (κ2) is 7.15. The third-order valence-corrected chi connectivity index (χ3v) is 4.79. The SMILES string of the molecule is O=C1CCCN1C[C@@H](NCc1cccc2c1OCO2)c1ccccc1. The zero-order valence-electron chi connectivity index (χ0n) is 14.1. The number of benzene rings is 2. The van der Waals surface area contributed by atoms with Gasteiger partial charge >= 0.3 is 0 Å². The number of ether oxygens (including phenoxy) is 2. The molecule has 5 heteroatoms. The van der Waals surface area contributed by atoms with Crippen molar-refractivity contribution in [3.05, 3.63) is 59.7 Å². The third-order valence-electron chi connectivity index (χ3n) is 4.79. The number of carbonyl (C=O) groups excluding carboxylic acids is 1. The summed E-state index contributed by atoms with van der Waals surface area (Å²) in [5.74, 6) is 1.87. The molecule has 0 aliphatic carbocycles. The second-order valence-corrected chi connectivity index (χ2v) is 6.44. The lowest BCUT2D eigenvalue weighted by Crippen LogP contribution is -2.35. The molecule has 2 heterocycles. The van der Waals surface area contributed by atoms with Crippen molar-refractivity contribution >= 4 is 5.91 Å². The molecule has 1 saturated heterocycles. The van der Waals surface area contributed by atoms with E-state index in [0.717, 1.165) is 30.0 Å². The fourth-order valence-corrected chi connectivity index (χ4v) is 3.45. The van der Waals surface area contributed by atoms with Crippen LogP contribution in [-0.4, -0.2) is 30.7 Å². The van der Waals surface area contributed by atoms with Crippen LogP contribution in [-0.2, 0) is 11.3 Å². The van der Waals surface area contributed by atoms with E-state index in [1.165, 1.54) is 5.56 Å². The molecule has 0 bridgehead atoms. The van der Waals surface area contributed by atoms with Crippen molar-refractivity contribution in [1.82, 2.24) is 10.2 Å². The lowest BCUT2D eigenvalue weighted by Gasteiger charge is -2.25. The molecule has 0 unspecified atom stereocenters. The lowest BCUT2D eigenvalue weighted by atomic mass is 10.1. The zero-order valence-corrected chi connectivity index (χ0v) is 14.1. The number of rotatable bonds is 6. The first-order valence-corrected chi connectivity index (χ1v) is 8.75. The van der Waals surface area contributed by atoms with Gasteiger partial charge in [0, 0.05) is 31.6 Å². The molecule has 0 aromatic heterocycles. The summed E-state index contributed by atoms with van der Waals surface area (Å²) in [7, 11) is 0. The van der Waals surface area contributed by atoms with Crippen LogP contribution in [0.4, 0.5) is 0 Å². The predicted molar refractivity (Wildman–Crippen MR) is 94.4 cm³/mol. The molecule has 2 aromatic rings. The quantitative estimate of drug-likeness (QED) is 0.880. The van der Waals surface area contributed by atoms with E-state index in [2.05, 4.69) is 17.4 Å². The molecule has 4 rings (SSSR count). The van der Waals surface area contributed by atoms with Crippen molar-refractivity contribution < 1.29 is 14.3 Å². The fraction of sp³-hybridized carbons (Fsp3) is 0.350. The van der Waals surface area contributed by atoms with Crippen molar-refractivity contribution in [1.29, 1.82) is 0 Å². The van der Waals surface area contributed by atoms with Crippen LogP contribution in [0.2, 0.25) is 0 Å². The standard InChI is InChI=1S/C20H22N2O3/c23-19-10-5-11-22(19)13-17(15-6-2-1-3-7-15)21-12-16-8-4-9-18-20(16)25-14-24-18/h1-4,6-9,17,21H,5,10-14H2/t17-/m1/s1. The van der Waals surface area contributed by atoms with E-state index >= 15 is 0 Å². The van der Waals surface area contributed by atoms with Crippen LogP contribution in [0.1, 0.15) is 30.0 Å². The van der Waals surface area contributed by atoms with E-state index in [-0.39, 0.29) is 18.7 Å². The topological polar surface area (TPSA) is 50.8 Å². The van der Waals surface area contributed by atoms with Gasteiger partial charge in [-0.05, 0) is 18.1 Å². The third kappa shape index (κ3) is 3.46. The van der Waals surface area contributed by atoms with Crippen LogP contribution in [0.15, 0.2) is 48.5 Å². The largest absolute Gasteiger partial charge is 0.454 e. The number of hydrogen-bond acceptors (Lipinski definition) is 4. The summed E-state index contributed by atoms with van der Waals surface area (Å²) in [6.07, 6.45) is 1.62. The number of carbonyl (C=O) groups is 1. The molecule has 2 aromatic carbocycles. The van der Waals surface area contributed by atoms with Gasteiger partial charge in [-0.15, -0.1) is 0 Å². The molecule has 1 atom stereocenters. The first-order valence-electron chi connectivity index (χ1n) is 8.75. The van der Waals surface area contributed by atoms with E-state index in [4.69, 9.17) is 9.47 Å². The summed E-state index contributed by atoms with van der Waals surface area (Å²) in [6.45, 7) is 2.47. The van der Waals surface area contributed by atoms with Gasteiger partial charge in [0.2, 0.25) is 12.7 Å². The van der Waals surface area contributed by atoms with Gasteiger partial charge in [-0.3, -0.25) is 4.79 Å². The van der Waals surface area contributed by atoms with Crippen molar-refractivity contribution in [3.8, 4) is 11.5 Å². The van der Waals surface area contributed by atoms with Gasteiger partial charge in [-0.1, -0.05) is 42.5 Å². The van der Waals surface area contributed by atoms with Crippen LogP contribution in [0.3, 0.4) is 0 Å². The summed E-state index contributed by atoms with van der Waals surface area (Å²) in [5, 5.41) is 3.60. The number of nitrogens with zero attached hydrogens (tertiary/aromatic N) is 1.